The Morgan fingerprint density at radius 1 is 1.11 bits per heavy atom. The summed E-state index contributed by atoms with van der Waals surface area (Å²) in [6.07, 6.45) is 0.460. The van der Waals surface area contributed by atoms with Crippen LogP contribution < -0.4 is 10.1 Å². The Labute approximate surface area is 169 Å². The topological polar surface area (TPSA) is 58.6 Å². The molecule has 0 fully saturated rings. The van der Waals surface area contributed by atoms with E-state index >= 15 is 0 Å². The molecule has 1 N–H and O–H groups in total. The largest absolute Gasteiger partial charge is 0.484 e. The van der Waals surface area contributed by atoms with Gasteiger partial charge >= 0.3 is 0 Å². The molecule has 2 aromatic rings. The fraction of sp³-hybridized carbons (Fsp3) is 0.333. The van der Waals surface area contributed by atoms with Crippen molar-refractivity contribution >= 4 is 23.4 Å². The van der Waals surface area contributed by atoms with E-state index in [9.17, 15) is 14.0 Å². The number of carbonyl (C=O) groups excluding carboxylic acids is 2. The number of likely N-dealkylation sites (N-methyl/N-ethyl adjacent to an activating group) is 1. The van der Waals surface area contributed by atoms with Crippen LogP contribution in [0.25, 0.3) is 0 Å². The average molecular weight is 407 g/mol. The van der Waals surface area contributed by atoms with Gasteiger partial charge in [-0.3, -0.25) is 9.59 Å². The maximum atomic E-state index is 13.0. The van der Waals surface area contributed by atoms with E-state index < -0.39 is 6.04 Å². The van der Waals surface area contributed by atoms with E-state index in [-0.39, 0.29) is 30.8 Å². The monoisotopic (exact) mass is 406 g/mol. The first kappa shape index (κ1) is 21.7. The van der Waals surface area contributed by atoms with Gasteiger partial charge in [0.15, 0.2) is 6.61 Å². The molecule has 0 heterocycles. The van der Waals surface area contributed by atoms with Crippen LogP contribution in [-0.4, -0.2) is 35.9 Å². The van der Waals surface area contributed by atoms with Crippen LogP contribution >= 0.6 is 11.6 Å². The minimum Gasteiger partial charge on any atom is -0.484 e. The van der Waals surface area contributed by atoms with Gasteiger partial charge in [0, 0.05) is 18.1 Å². The third-order valence-corrected chi connectivity index (χ3v) is 4.43. The fourth-order valence-electron chi connectivity index (χ4n) is 2.76. The van der Waals surface area contributed by atoms with E-state index in [1.165, 1.54) is 29.2 Å². The smallest absolute Gasteiger partial charge is 0.261 e. The number of benzene rings is 2. The second-order valence-electron chi connectivity index (χ2n) is 6.21. The quantitative estimate of drug-likeness (QED) is 0.689. The lowest BCUT2D eigenvalue weighted by atomic mass is 10.1. The Morgan fingerprint density at radius 3 is 2.32 bits per heavy atom. The van der Waals surface area contributed by atoms with Crippen LogP contribution in [0.15, 0.2) is 48.5 Å². The summed E-state index contributed by atoms with van der Waals surface area (Å²) in [5.41, 5.74) is 0.849. The maximum Gasteiger partial charge on any atom is 0.261 e. The highest BCUT2D eigenvalue weighted by Crippen LogP contribution is 2.16. The van der Waals surface area contributed by atoms with E-state index in [0.717, 1.165) is 5.56 Å². The van der Waals surface area contributed by atoms with Gasteiger partial charge in [0.05, 0.1) is 0 Å². The summed E-state index contributed by atoms with van der Waals surface area (Å²) in [6, 6.07) is 11.9. The number of nitrogens with zero attached hydrogens (tertiary/aromatic N) is 1. The highest BCUT2D eigenvalue weighted by molar-refractivity contribution is 6.30. The minimum atomic E-state index is -0.625. The molecule has 0 bridgehead atoms. The second-order valence-corrected chi connectivity index (χ2v) is 6.65. The van der Waals surface area contributed by atoms with Crippen molar-refractivity contribution < 1.29 is 18.7 Å². The predicted octanol–water partition coefficient (Wildman–Crippen LogP) is 3.80. The molecule has 2 rings (SSSR count). The molecular weight excluding hydrogens is 383 g/mol. The molecule has 0 saturated heterocycles. The molecule has 28 heavy (non-hydrogen) atoms. The van der Waals surface area contributed by atoms with E-state index in [1.54, 1.807) is 12.1 Å². The molecular formula is C21H24ClFN2O3. The van der Waals surface area contributed by atoms with Gasteiger partial charge in [0.1, 0.15) is 17.6 Å². The molecule has 0 aliphatic heterocycles. The van der Waals surface area contributed by atoms with Crippen molar-refractivity contribution in [2.75, 3.05) is 13.2 Å². The lowest BCUT2D eigenvalue weighted by Gasteiger charge is -2.30. The van der Waals surface area contributed by atoms with Crippen LogP contribution in [0.5, 0.6) is 5.75 Å². The summed E-state index contributed by atoms with van der Waals surface area (Å²) in [4.78, 5) is 26.9. The standard InChI is InChI=1S/C21H24ClFN2O3/c1-3-19(21(27)24-4-2)25(13-15-5-7-16(22)8-6-15)20(26)14-28-18-11-9-17(23)10-12-18/h5-12,19H,3-4,13-14H2,1-2H3,(H,24,27)/t19-/m0/s1. The third-order valence-electron chi connectivity index (χ3n) is 4.18. The van der Waals surface area contributed by atoms with Crippen molar-refractivity contribution in [2.24, 2.45) is 0 Å². The number of rotatable bonds is 9. The number of hydrogen-bond donors (Lipinski definition) is 1. The minimum absolute atomic E-state index is 0.214. The second kappa shape index (κ2) is 10.7. The number of halogens is 2. The van der Waals surface area contributed by atoms with Gasteiger partial charge in [-0.25, -0.2) is 4.39 Å². The van der Waals surface area contributed by atoms with Gasteiger partial charge < -0.3 is 15.0 Å². The van der Waals surface area contributed by atoms with Crippen LogP contribution in [-0.2, 0) is 16.1 Å². The summed E-state index contributed by atoms with van der Waals surface area (Å²) >= 11 is 5.93. The van der Waals surface area contributed by atoms with Gasteiger partial charge in [0.25, 0.3) is 5.91 Å². The van der Waals surface area contributed by atoms with Crippen molar-refractivity contribution in [3.05, 3.63) is 64.9 Å². The Morgan fingerprint density at radius 2 is 1.75 bits per heavy atom. The Bertz CT molecular complexity index is 781. The average Bonchev–Trinajstić information content (AvgIpc) is 2.69. The Hall–Kier alpha value is -2.60. The molecule has 0 spiro atoms. The first-order chi connectivity index (χ1) is 13.4. The molecule has 0 aliphatic carbocycles. The lowest BCUT2D eigenvalue weighted by Crippen LogP contribution is -2.50. The van der Waals surface area contributed by atoms with Gasteiger partial charge in [-0.15, -0.1) is 0 Å². The molecule has 0 aromatic heterocycles. The molecule has 7 heteroatoms. The normalized spacial score (nSPS) is 11.6. The lowest BCUT2D eigenvalue weighted by molar-refractivity contribution is -0.142. The van der Waals surface area contributed by atoms with Crippen molar-refractivity contribution in [3.63, 3.8) is 0 Å². The van der Waals surface area contributed by atoms with Crippen LogP contribution in [0.2, 0.25) is 5.02 Å². The highest BCUT2D eigenvalue weighted by atomic mass is 35.5. The van der Waals surface area contributed by atoms with Crippen LogP contribution in [0.3, 0.4) is 0 Å². The molecule has 2 aromatic carbocycles. The number of hydrogen-bond acceptors (Lipinski definition) is 3. The van der Waals surface area contributed by atoms with Gasteiger partial charge in [-0.1, -0.05) is 30.7 Å². The van der Waals surface area contributed by atoms with Crippen molar-refractivity contribution in [3.8, 4) is 5.75 Å². The molecule has 1 atom stereocenters. The highest BCUT2D eigenvalue weighted by Gasteiger charge is 2.28. The van der Waals surface area contributed by atoms with Crippen LogP contribution in [0.1, 0.15) is 25.8 Å². The van der Waals surface area contributed by atoms with Crippen molar-refractivity contribution in [1.82, 2.24) is 10.2 Å². The van der Waals surface area contributed by atoms with E-state index in [1.807, 2.05) is 26.0 Å². The fourth-order valence-corrected chi connectivity index (χ4v) is 2.88. The van der Waals surface area contributed by atoms with Crippen LogP contribution in [0.4, 0.5) is 4.39 Å². The first-order valence-electron chi connectivity index (χ1n) is 9.14. The molecule has 2 amide bonds. The maximum absolute atomic E-state index is 13.0. The first-order valence-corrected chi connectivity index (χ1v) is 9.52. The zero-order valence-corrected chi connectivity index (χ0v) is 16.7. The van der Waals surface area contributed by atoms with Gasteiger partial charge in [0.2, 0.25) is 5.91 Å². The summed E-state index contributed by atoms with van der Waals surface area (Å²) < 4.78 is 18.5. The molecule has 0 aliphatic rings. The van der Waals surface area contributed by atoms with Crippen molar-refractivity contribution in [1.29, 1.82) is 0 Å². The number of carbonyl (C=O) groups is 2. The SMILES string of the molecule is CCNC(=O)[C@H](CC)N(Cc1ccc(Cl)cc1)C(=O)COc1ccc(F)cc1. The molecule has 5 nitrogen and oxygen atoms in total. The predicted molar refractivity (Wildman–Crippen MR) is 107 cm³/mol. The Kier molecular flexibility index (Phi) is 8.26. The summed E-state index contributed by atoms with van der Waals surface area (Å²) in [7, 11) is 0. The van der Waals surface area contributed by atoms with E-state index in [2.05, 4.69) is 5.32 Å². The molecule has 0 saturated carbocycles. The Balaban J connectivity index is 2.16. The zero-order valence-electron chi connectivity index (χ0n) is 16.0. The van der Waals surface area contributed by atoms with Gasteiger partial charge in [-0.2, -0.15) is 0 Å². The summed E-state index contributed by atoms with van der Waals surface area (Å²) in [5, 5.41) is 3.36. The number of amides is 2. The molecule has 0 unspecified atom stereocenters. The third kappa shape index (κ3) is 6.23. The zero-order chi connectivity index (χ0) is 20.5. The number of ether oxygens (including phenoxy) is 1. The summed E-state index contributed by atoms with van der Waals surface area (Å²) in [5.74, 6) is -0.552. The van der Waals surface area contributed by atoms with Crippen LogP contribution in [0, 0.1) is 5.82 Å². The molecule has 150 valence electrons. The van der Waals surface area contributed by atoms with E-state index in [0.29, 0.717) is 23.7 Å². The molecule has 0 radical (unpaired) electrons. The van der Waals surface area contributed by atoms with Crippen molar-refractivity contribution in [2.45, 2.75) is 32.9 Å². The van der Waals surface area contributed by atoms with E-state index in [4.69, 9.17) is 16.3 Å². The summed E-state index contributed by atoms with van der Waals surface area (Å²) in [6.45, 7) is 4.15. The van der Waals surface area contributed by atoms with Gasteiger partial charge in [-0.05, 0) is 55.3 Å². The number of nitrogens with one attached hydrogen (secondary N) is 1.